The van der Waals surface area contributed by atoms with Crippen LogP contribution in [0.2, 0.25) is 0 Å². The maximum absolute atomic E-state index is 5.15. The van der Waals surface area contributed by atoms with E-state index in [2.05, 4.69) is 29.5 Å². The molecule has 1 aromatic carbocycles. The van der Waals surface area contributed by atoms with E-state index >= 15 is 0 Å². The summed E-state index contributed by atoms with van der Waals surface area (Å²) in [5.74, 6) is 0.903. The summed E-state index contributed by atoms with van der Waals surface area (Å²) in [6.07, 6.45) is 2.84. The minimum atomic E-state index is 0.311. The van der Waals surface area contributed by atoms with Crippen LogP contribution in [0.4, 0.5) is 0 Å². The molecule has 1 aromatic heterocycles. The molecule has 2 aromatic rings. The number of methoxy groups -OCH3 is 1. The van der Waals surface area contributed by atoms with Crippen molar-refractivity contribution in [2.45, 2.75) is 19.4 Å². The predicted octanol–water partition coefficient (Wildman–Crippen LogP) is 2.32. The molecule has 2 rings (SSSR count). The number of hydrogen-bond acceptors (Lipinski definition) is 3. The molecule has 0 aliphatic heterocycles. The number of nitrogens with zero attached hydrogens (tertiary/aromatic N) is 2. The number of nitrogens with one attached hydrogen (secondary N) is 1. The quantitative estimate of drug-likeness (QED) is 0.865. The molecule has 4 nitrogen and oxygen atoms in total. The highest BCUT2D eigenvalue weighted by Crippen LogP contribution is 2.13. The van der Waals surface area contributed by atoms with E-state index in [4.69, 9.17) is 4.74 Å². The topological polar surface area (TPSA) is 39.1 Å². The van der Waals surface area contributed by atoms with Crippen LogP contribution in [0, 0.1) is 0 Å². The first kappa shape index (κ1) is 13.6. The van der Waals surface area contributed by atoms with Crippen molar-refractivity contribution in [3.63, 3.8) is 0 Å². The third kappa shape index (κ3) is 3.58. The van der Waals surface area contributed by atoms with E-state index in [0.717, 1.165) is 18.7 Å². The first-order valence-electron chi connectivity index (χ1n) is 6.55. The average Bonchev–Trinajstić information content (AvgIpc) is 2.86. The van der Waals surface area contributed by atoms with Crippen molar-refractivity contribution < 1.29 is 4.74 Å². The van der Waals surface area contributed by atoms with Gasteiger partial charge in [0.15, 0.2) is 0 Å². The molecule has 1 N–H and O–H groups in total. The molecule has 0 aliphatic rings. The van der Waals surface area contributed by atoms with Crippen LogP contribution in [-0.4, -0.2) is 23.4 Å². The Morgan fingerprint density at radius 3 is 2.58 bits per heavy atom. The van der Waals surface area contributed by atoms with E-state index < -0.39 is 0 Å². The lowest BCUT2D eigenvalue weighted by Crippen LogP contribution is -2.23. The molecule has 1 atom stereocenters. The maximum Gasteiger partial charge on any atom is 0.118 e. The molecule has 102 valence electrons. The fourth-order valence-corrected chi connectivity index (χ4v) is 2.14. The van der Waals surface area contributed by atoms with E-state index in [1.807, 2.05) is 36.1 Å². The molecule has 0 spiro atoms. The third-order valence-electron chi connectivity index (χ3n) is 3.33. The van der Waals surface area contributed by atoms with Gasteiger partial charge in [0.1, 0.15) is 5.75 Å². The van der Waals surface area contributed by atoms with Gasteiger partial charge in [-0.2, -0.15) is 5.10 Å². The zero-order valence-corrected chi connectivity index (χ0v) is 11.8. The molecule has 19 heavy (non-hydrogen) atoms. The zero-order valence-electron chi connectivity index (χ0n) is 11.8. The van der Waals surface area contributed by atoms with Crippen molar-refractivity contribution in [2.24, 2.45) is 7.05 Å². The summed E-state index contributed by atoms with van der Waals surface area (Å²) < 4.78 is 7.06. The van der Waals surface area contributed by atoms with E-state index in [-0.39, 0.29) is 0 Å². The molecule has 0 saturated carbocycles. The van der Waals surface area contributed by atoms with Gasteiger partial charge in [0.2, 0.25) is 0 Å². The average molecular weight is 259 g/mol. The standard InChI is InChI=1S/C15H21N3O/c1-12(15-9-11-17-18(15)2)16-10-8-13-4-6-14(19-3)7-5-13/h4-7,9,11-12,16H,8,10H2,1-3H3. The number of aryl methyl sites for hydroxylation is 1. The summed E-state index contributed by atoms with van der Waals surface area (Å²) >= 11 is 0. The van der Waals surface area contributed by atoms with Gasteiger partial charge in [-0.25, -0.2) is 0 Å². The maximum atomic E-state index is 5.15. The fraction of sp³-hybridized carbons (Fsp3) is 0.400. The normalized spacial score (nSPS) is 12.4. The van der Waals surface area contributed by atoms with Crippen LogP contribution in [0.25, 0.3) is 0 Å². The molecule has 0 fully saturated rings. The molecule has 0 saturated heterocycles. The fourth-order valence-electron chi connectivity index (χ4n) is 2.14. The first-order chi connectivity index (χ1) is 9.20. The molecular weight excluding hydrogens is 238 g/mol. The lowest BCUT2D eigenvalue weighted by atomic mass is 10.1. The molecular formula is C15H21N3O. The Balaban J connectivity index is 1.81. The molecule has 0 bridgehead atoms. The van der Waals surface area contributed by atoms with Gasteiger partial charge >= 0.3 is 0 Å². The second-order valence-electron chi connectivity index (χ2n) is 4.65. The Morgan fingerprint density at radius 1 is 1.26 bits per heavy atom. The molecule has 0 aliphatic carbocycles. The zero-order chi connectivity index (χ0) is 13.7. The third-order valence-corrected chi connectivity index (χ3v) is 3.33. The highest BCUT2D eigenvalue weighted by molar-refractivity contribution is 5.27. The van der Waals surface area contributed by atoms with Crippen molar-refractivity contribution in [1.29, 1.82) is 0 Å². The van der Waals surface area contributed by atoms with Crippen LogP contribution < -0.4 is 10.1 Å². The van der Waals surface area contributed by atoms with Gasteiger partial charge in [-0.3, -0.25) is 4.68 Å². The Kier molecular flexibility index (Phi) is 4.58. The van der Waals surface area contributed by atoms with Crippen molar-refractivity contribution in [1.82, 2.24) is 15.1 Å². The number of rotatable bonds is 6. The summed E-state index contributed by atoms with van der Waals surface area (Å²) in [6, 6.07) is 10.6. The minimum Gasteiger partial charge on any atom is -0.497 e. The van der Waals surface area contributed by atoms with E-state index in [0.29, 0.717) is 6.04 Å². The van der Waals surface area contributed by atoms with Crippen LogP contribution in [-0.2, 0) is 13.5 Å². The van der Waals surface area contributed by atoms with E-state index in [9.17, 15) is 0 Å². The van der Waals surface area contributed by atoms with Gasteiger partial charge in [-0.1, -0.05) is 12.1 Å². The van der Waals surface area contributed by atoms with Crippen molar-refractivity contribution in [3.05, 3.63) is 47.8 Å². The van der Waals surface area contributed by atoms with Crippen molar-refractivity contribution >= 4 is 0 Å². The number of aromatic nitrogens is 2. The van der Waals surface area contributed by atoms with Gasteiger partial charge in [0, 0.05) is 19.3 Å². The first-order valence-corrected chi connectivity index (χ1v) is 6.55. The monoisotopic (exact) mass is 259 g/mol. The van der Waals surface area contributed by atoms with Gasteiger partial charge in [-0.05, 0) is 43.7 Å². The van der Waals surface area contributed by atoms with Crippen molar-refractivity contribution in [2.75, 3.05) is 13.7 Å². The van der Waals surface area contributed by atoms with Crippen LogP contribution in [0.15, 0.2) is 36.5 Å². The highest BCUT2D eigenvalue weighted by atomic mass is 16.5. The lowest BCUT2D eigenvalue weighted by molar-refractivity contribution is 0.414. The van der Waals surface area contributed by atoms with Gasteiger partial charge in [0.25, 0.3) is 0 Å². The summed E-state index contributed by atoms with van der Waals surface area (Å²) in [4.78, 5) is 0. The van der Waals surface area contributed by atoms with Gasteiger partial charge in [-0.15, -0.1) is 0 Å². The summed E-state index contributed by atoms with van der Waals surface area (Å²) in [7, 11) is 3.66. The molecule has 0 radical (unpaired) electrons. The SMILES string of the molecule is COc1ccc(CCNC(C)c2ccnn2C)cc1. The van der Waals surface area contributed by atoms with E-state index in [1.165, 1.54) is 11.3 Å². The van der Waals surface area contributed by atoms with Gasteiger partial charge in [0.05, 0.1) is 12.8 Å². The Labute approximate surface area is 114 Å². The predicted molar refractivity (Wildman–Crippen MR) is 76.3 cm³/mol. The van der Waals surface area contributed by atoms with Crippen molar-refractivity contribution in [3.8, 4) is 5.75 Å². The number of benzene rings is 1. The Morgan fingerprint density at radius 2 is 2.00 bits per heavy atom. The Bertz CT molecular complexity index is 504. The van der Waals surface area contributed by atoms with Crippen LogP contribution in [0.5, 0.6) is 5.75 Å². The summed E-state index contributed by atoms with van der Waals surface area (Å²) in [5, 5.41) is 7.70. The second-order valence-corrected chi connectivity index (χ2v) is 4.65. The largest absolute Gasteiger partial charge is 0.497 e. The number of ether oxygens (including phenoxy) is 1. The summed E-state index contributed by atoms with van der Waals surface area (Å²) in [5.41, 5.74) is 2.51. The highest BCUT2D eigenvalue weighted by Gasteiger charge is 2.07. The molecule has 1 heterocycles. The molecule has 1 unspecified atom stereocenters. The number of hydrogen-bond donors (Lipinski definition) is 1. The van der Waals surface area contributed by atoms with Crippen LogP contribution >= 0.6 is 0 Å². The van der Waals surface area contributed by atoms with E-state index in [1.54, 1.807) is 7.11 Å². The second kappa shape index (κ2) is 6.38. The molecule has 4 heteroatoms. The van der Waals surface area contributed by atoms with Gasteiger partial charge < -0.3 is 10.1 Å². The Hall–Kier alpha value is -1.81. The smallest absolute Gasteiger partial charge is 0.118 e. The summed E-state index contributed by atoms with van der Waals surface area (Å²) in [6.45, 7) is 3.10. The minimum absolute atomic E-state index is 0.311. The van der Waals surface area contributed by atoms with Crippen LogP contribution in [0.3, 0.4) is 0 Å². The molecule has 0 amide bonds. The van der Waals surface area contributed by atoms with Crippen LogP contribution in [0.1, 0.15) is 24.2 Å². The lowest BCUT2D eigenvalue weighted by Gasteiger charge is -2.14.